The van der Waals surface area contributed by atoms with Gasteiger partial charge in [0.2, 0.25) is 11.8 Å². The van der Waals surface area contributed by atoms with Gasteiger partial charge in [-0.05, 0) is 24.3 Å². The maximum absolute atomic E-state index is 12.4. The first-order valence-electron chi connectivity index (χ1n) is 9.85. The van der Waals surface area contributed by atoms with E-state index in [0.29, 0.717) is 25.9 Å². The van der Waals surface area contributed by atoms with Gasteiger partial charge in [0.05, 0.1) is 6.42 Å². The van der Waals surface area contributed by atoms with Crippen molar-refractivity contribution < 1.29 is 23.9 Å². The zero-order valence-electron chi connectivity index (χ0n) is 16.9. The Bertz CT molecular complexity index is 727. The van der Waals surface area contributed by atoms with Gasteiger partial charge in [-0.1, -0.05) is 44.2 Å². The smallest absolute Gasteiger partial charge is 0.329 e. The van der Waals surface area contributed by atoms with E-state index < -0.39 is 18.6 Å². The molecule has 1 aromatic rings. The molecule has 1 saturated heterocycles. The van der Waals surface area contributed by atoms with Crippen molar-refractivity contribution in [3.8, 4) is 0 Å². The Morgan fingerprint density at radius 1 is 1.14 bits per heavy atom. The number of primary amides is 1. The molecular formula is C21H29N3O5. The van der Waals surface area contributed by atoms with Crippen LogP contribution in [0.25, 0.3) is 0 Å². The van der Waals surface area contributed by atoms with E-state index in [0.717, 1.165) is 5.56 Å². The molecule has 0 radical (unpaired) electrons. The van der Waals surface area contributed by atoms with E-state index in [2.05, 4.69) is 5.32 Å². The molecule has 1 atom stereocenters. The maximum Gasteiger partial charge on any atom is 0.329 e. The van der Waals surface area contributed by atoms with Crippen LogP contribution in [-0.4, -0.2) is 54.3 Å². The van der Waals surface area contributed by atoms with Crippen LogP contribution in [0.2, 0.25) is 0 Å². The third kappa shape index (κ3) is 6.89. The summed E-state index contributed by atoms with van der Waals surface area (Å²) < 4.78 is 5.17. The second-order valence-electron chi connectivity index (χ2n) is 7.62. The average Bonchev–Trinajstić information content (AvgIpc) is 2.70. The topological polar surface area (TPSA) is 119 Å². The lowest BCUT2D eigenvalue weighted by Gasteiger charge is -2.30. The van der Waals surface area contributed by atoms with E-state index in [4.69, 9.17) is 10.5 Å². The quantitative estimate of drug-likeness (QED) is 0.618. The molecule has 0 aliphatic carbocycles. The first kappa shape index (κ1) is 22.4. The van der Waals surface area contributed by atoms with Gasteiger partial charge in [-0.25, -0.2) is 4.79 Å². The lowest BCUT2D eigenvalue weighted by atomic mass is 9.96. The van der Waals surface area contributed by atoms with Gasteiger partial charge in [0.25, 0.3) is 5.91 Å². The standard InChI is InChI=1S/C21H29N3O5/c1-14(2)19(23-17(25)12-15-6-4-3-5-7-15)21(28)29-13-18(26)24-10-8-16(9-11-24)20(22)27/h3-7,14,16,19H,8-13H2,1-2H3,(H2,22,27)(H,23,25)/t19-/m0/s1. The molecule has 3 N–H and O–H groups in total. The van der Waals surface area contributed by atoms with Crippen molar-refractivity contribution in [1.29, 1.82) is 0 Å². The molecule has 0 unspecified atom stereocenters. The van der Waals surface area contributed by atoms with E-state index in [1.54, 1.807) is 18.7 Å². The molecular weight excluding hydrogens is 374 g/mol. The second kappa shape index (κ2) is 10.6. The predicted octanol–water partition coefficient (Wildman–Crippen LogP) is 0.637. The van der Waals surface area contributed by atoms with Gasteiger partial charge in [0, 0.05) is 19.0 Å². The van der Waals surface area contributed by atoms with E-state index in [9.17, 15) is 19.2 Å². The summed E-state index contributed by atoms with van der Waals surface area (Å²) in [5.74, 6) is -2.00. The normalized spacial score (nSPS) is 15.6. The minimum Gasteiger partial charge on any atom is -0.454 e. The summed E-state index contributed by atoms with van der Waals surface area (Å²) in [7, 11) is 0. The number of nitrogens with two attached hydrogens (primary N) is 1. The molecule has 3 amide bonds. The van der Waals surface area contributed by atoms with Crippen molar-refractivity contribution in [2.75, 3.05) is 19.7 Å². The number of hydrogen-bond acceptors (Lipinski definition) is 5. The Hall–Kier alpha value is -2.90. The number of nitrogens with one attached hydrogen (secondary N) is 1. The predicted molar refractivity (Wildman–Crippen MR) is 106 cm³/mol. The Balaban J connectivity index is 1.82. The fraction of sp³-hybridized carbons (Fsp3) is 0.524. The lowest BCUT2D eigenvalue weighted by Crippen LogP contribution is -2.47. The van der Waals surface area contributed by atoms with Gasteiger partial charge >= 0.3 is 5.97 Å². The van der Waals surface area contributed by atoms with E-state index in [-0.39, 0.29) is 36.0 Å². The number of benzene rings is 1. The van der Waals surface area contributed by atoms with E-state index >= 15 is 0 Å². The van der Waals surface area contributed by atoms with Crippen LogP contribution in [0.1, 0.15) is 32.3 Å². The maximum atomic E-state index is 12.4. The van der Waals surface area contributed by atoms with Crippen molar-refractivity contribution in [3.63, 3.8) is 0 Å². The van der Waals surface area contributed by atoms with Crippen molar-refractivity contribution in [2.45, 2.75) is 39.2 Å². The second-order valence-corrected chi connectivity index (χ2v) is 7.62. The molecule has 0 spiro atoms. The molecule has 29 heavy (non-hydrogen) atoms. The number of hydrogen-bond donors (Lipinski definition) is 2. The molecule has 1 heterocycles. The van der Waals surface area contributed by atoms with Crippen LogP contribution in [-0.2, 0) is 30.3 Å². The van der Waals surface area contributed by atoms with Gasteiger partial charge in [0.15, 0.2) is 6.61 Å². The highest BCUT2D eigenvalue weighted by Gasteiger charge is 2.29. The highest BCUT2D eigenvalue weighted by Crippen LogP contribution is 2.16. The highest BCUT2D eigenvalue weighted by atomic mass is 16.5. The fourth-order valence-electron chi connectivity index (χ4n) is 3.23. The number of amides is 3. The molecule has 1 aromatic carbocycles. The number of likely N-dealkylation sites (tertiary alicyclic amines) is 1. The van der Waals surface area contributed by atoms with Crippen molar-refractivity contribution >= 4 is 23.7 Å². The van der Waals surface area contributed by atoms with Crippen molar-refractivity contribution in [3.05, 3.63) is 35.9 Å². The van der Waals surface area contributed by atoms with E-state index in [1.165, 1.54) is 0 Å². The van der Waals surface area contributed by atoms with Crippen molar-refractivity contribution in [2.24, 2.45) is 17.6 Å². The Morgan fingerprint density at radius 3 is 2.31 bits per heavy atom. The molecule has 0 bridgehead atoms. The van der Waals surface area contributed by atoms with Crippen LogP contribution in [0.5, 0.6) is 0 Å². The average molecular weight is 403 g/mol. The van der Waals surface area contributed by atoms with E-state index in [1.807, 2.05) is 30.3 Å². The van der Waals surface area contributed by atoms with Crippen LogP contribution in [0.3, 0.4) is 0 Å². The molecule has 8 nitrogen and oxygen atoms in total. The summed E-state index contributed by atoms with van der Waals surface area (Å²) in [5.41, 5.74) is 6.13. The lowest BCUT2D eigenvalue weighted by molar-refractivity contribution is -0.156. The van der Waals surface area contributed by atoms with Gasteiger partial charge in [-0.15, -0.1) is 0 Å². The van der Waals surface area contributed by atoms with Gasteiger partial charge in [-0.2, -0.15) is 0 Å². The van der Waals surface area contributed by atoms with Gasteiger partial charge in [0.1, 0.15) is 6.04 Å². The molecule has 8 heteroatoms. The zero-order valence-corrected chi connectivity index (χ0v) is 16.9. The minimum atomic E-state index is -0.834. The number of rotatable bonds is 8. The summed E-state index contributed by atoms with van der Waals surface area (Å²) >= 11 is 0. The van der Waals surface area contributed by atoms with Crippen LogP contribution >= 0.6 is 0 Å². The molecule has 0 saturated carbocycles. The first-order chi connectivity index (χ1) is 13.8. The highest BCUT2D eigenvalue weighted by molar-refractivity contribution is 5.87. The molecule has 2 rings (SSSR count). The van der Waals surface area contributed by atoms with Crippen molar-refractivity contribution in [1.82, 2.24) is 10.2 Å². The Morgan fingerprint density at radius 2 is 1.76 bits per heavy atom. The third-order valence-corrected chi connectivity index (χ3v) is 5.03. The Labute approximate surface area is 170 Å². The third-order valence-electron chi connectivity index (χ3n) is 5.03. The minimum absolute atomic E-state index is 0.158. The SMILES string of the molecule is CC(C)[C@H](NC(=O)Cc1ccccc1)C(=O)OCC(=O)N1CCC(C(N)=O)CC1. The fourth-order valence-corrected chi connectivity index (χ4v) is 3.23. The van der Waals surface area contributed by atoms with Crippen LogP contribution in [0, 0.1) is 11.8 Å². The van der Waals surface area contributed by atoms with Gasteiger partial charge < -0.3 is 20.7 Å². The van der Waals surface area contributed by atoms with Gasteiger partial charge in [-0.3, -0.25) is 14.4 Å². The Kier molecular flexibility index (Phi) is 8.18. The van der Waals surface area contributed by atoms with Crippen LogP contribution in [0.15, 0.2) is 30.3 Å². The van der Waals surface area contributed by atoms with Crippen LogP contribution in [0.4, 0.5) is 0 Å². The molecule has 1 aliphatic heterocycles. The first-order valence-corrected chi connectivity index (χ1v) is 9.85. The number of carbonyl (C=O) groups excluding carboxylic acids is 4. The summed E-state index contributed by atoms with van der Waals surface area (Å²) in [6, 6.07) is 8.39. The molecule has 1 fully saturated rings. The summed E-state index contributed by atoms with van der Waals surface area (Å²) in [6.45, 7) is 4.02. The number of esters is 1. The number of ether oxygens (including phenoxy) is 1. The molecule has 1 aliphatic rings. The summed E-state index contributed by atoms with van der Waals surface area (Å²) in [5, 5.41) is 2.70. The zero-order chi connectivity index (χ0) is 21.4. The number of carbonyl (C=O) groups is 4. The monoisotopic (exact) mass is 403 g/mol. The molecule has 158 valence electrons. The summed E-state index contributed by atoms with van der Waals surface area (Å²) in [4.78, 5) is 49.7. The number of nitrogens with zero attached hydrogens (tertiary/aromatic N) is 1. The largest absolute Gasteiger partial charge is 0.454 e. The van der Waals surface area contributed by atoms with Crippen LogP contribution < -0.4 is 11.1 Å². The summed E-state index contributed by atoms with van der Waals surface area (Å²) in [6.07, 6.45) is 1.18. The number of piperidine rings is 1. The molecule has 0 aromatic heterocycles.